The van der Waals surface area contributed by atoms with Gasteiger partial charge < -0.3 is 0 Å². The maximum atomic E-state index is 12.7. The van der Waals surface area contributed by atoms with Gasteiger partial charge in [-0.05, 0) is 42.2 Å². The lowest BCUT2D eigenvalue weighted by Crippen LogP contribution is -2.36. The molecule has 1 aliphatic rings. The molecule has 3 rings (SSSR count). The Morgan fingerprint density at radius 3 is 2.52 bits per heavy atom. The first-order valence-corrected chi connectivity index (χ1v) is 9.29. The van der Waals surface area contributed by atoms with Crippen LogP contribution in [0.3, 0.4) is 0 Å². The number of aryl methyl sites for hydroxylation is 1. The first kappa shape index (κ1) is 14.6. The van der Waals surface area contributed by atoms with E-state index in [2.05, 4.69) is 15.9 Å². The summed E-state index contributed by atoms with van der Waals surface area (Å²) in [5.74, 6) is 0.0363. The second kappa shape index (κ2) is 5.81. The van der Waals surface area contributed by atoms with Gasteiger partial charge in [0.1, 0.15) is 0 Å². The van der Waals surface area contributed by atoms with Gasteiger partial charge in [-0.3, -0.25) is 4.31 Å². The molecular formula is C16H16BrNO2S. The van der Waals surface area contributed by atoms with Crippen LogP contribution >= 0.6 is 15.9 Å². The fraction of sp³-hybridized carbons (Fsp3) is 0.250. The highest BCUT2D eigenvalue weighted by molar-refractivity contribution is 9.10. The Morgan fingerprint density at radius 2 is 1.76 bits per heavy atom. The van der Waals surface area contributed by atoms with Gasteiger partial charge in [0.05, 0.1) is 11.4 Å². The second-order valence-corrected chi connectivity index (χ2v) is 8.00. The second-order valence-electron chi connectivity index (χ2n) is 5.19. The van der Waals surface area contributed by atoms with Gasteiger partial charge in [-0.25, -0.2) is 8.42 Å². The lowest BCUT2D eigenvalue weighted by Gasteiger charge is -2.30. The molecule has 0 atom stereocenters. The third kappa shape index (κ3) is 3.14. The van der Waals surface area contributed by atoms with Crippen molar-refractivity contribution in [3.8, 4) is 0 Å². The predicted octanol–water partition coefficient (Wildman–Crippen LogP) is 3.73. The molecule has 0 bridgehead atoms. The van der Waals surface area contributed by atoms with Crippen molar-refractivity contribution in [1.82, 2.24) is 0 Å². The molecule has 0 aromatic heterocycles. The molecule has 2 aromatic carbocycles. The van der Waals surface area contributed by atoms with E-state index >= 15 is 0 Å². The number of fused-ring (bicyclic) bond motifs is 1. The van der Waals surface area contributed by atoms with Crippen molar-refractivity contribution in [3.05, 3.63) is 64.1 Å². The number of rotatable bonds is 3. The van der Waals surface area contributed by atoms with Gasteiger partial charge in [-0.2, -0.15) is 0 Å². The van der Waals surface area contributed by atoms with Crippen LogP contribution in [0.2, 0.25) is 0 Å². The fourth-order valence-corrected chi connectivity index (χ4v) is 4.58. The molecule has 0 fully saturated rings. The third-order valence-electron chi connectivity index (χ3n) is 3.67. The number of hydrogen-bond acceptors (Lipinski definition) is 2. The molecule has 3 nitrogen and oxygen atoms in total. The van der Waals surface area contributed by atoms with Gasteiger partial charge in [0.25, 0.3) is 0 Å². The Hall–Kier alpha value is -1.33. The zero-order chi connectivity index (χ0) is 14.9. The quantitative estimate of drug-likeness (QED) is 0.830. The average molecular weight is 366 g/mol. The zero-order valence-electron chi connectivity index (χ0n) is 11.5. The standard InChI is InChI=1S/C16H16BrNO2S/c17-15-9-7-13(8-10-15)12-21(19,20)18-11-3-5-14-4-1-2-6-16(14)18/h1-2,4,6-10H,3,5,11-12H2. The SMILES string of the molecule is O=S(=O)(Cc1ccc(Br)cc1)N1CCCc2ccccc21. The molecule has 0 N–H and O–H groups in total. The third-order valence-corrected chi connectivity index (χ3v) is 5.94. The van der Waals surface area contributed by atoms with Crippen LogP contribution in [0.25, 0.3) is 0 Å². The van der Waals surface area contributed by atoms with Crippen LogP contribution in [-0.4, -0.2) is 15.0 Å². The molecule has 110 valence electrons. The van der Waals surface area contributed by atoms with E-state index in [-0.39, 0.29) is 5.75 Å². The Kier molecular flexibility index (Phi) is 4.04. The van der Waals surface area contributed by atoms with E-state index in [0.29, 0.717) is 6.54 Å². The first-order chi connectivity index (χ1) is 10.1. The predicted molar refractivity (Wildman–Crippen MR) is 88.9 cm³/mol. The highest BCUT2D eigenvalue weighted by Crippen LogP contribution is 2.30. The van der Waals surface area contributed by atoms with Crippen LogP contribution in [0.5, 0.6) is 0 Å². The lowest BCUT2D eigenvalue weighted by atomic mass is 10.0. The smallest absolute Gasteiger partial charge is 0.239 e. The van der Waals surface area contributed by atoms with Gasteiger partial charge in [-0.1, -0.05) is 46.3 Å². The molecule has 21 heavy (non-hydrogen) atoms. The minimum absolute atomic E-state index is 0.0363. The van der Waals surface area contributed by atoms with E-state index in [9.17, 15) is 8.42 Å². The molecule has 0 saturated carbocycles. The van der Waals surface area contributed by atoms with Crippen molar-refractivity contribution in [2.45, 2.75) is 18.6 Å². The van der Waals surface area contributed by atoms with Crippen molar-refractivity contribution < 1.29 is 8.42 Å². The van der Waals surface area contributed by atoms with Gasteiger partial charge in [-0.15, -0.1) is 0 Å². The molecule has 0 unspecified atom stereocenters. The molecule has 0 spiro atoms. The van der Waals surface area contributed by atoms with E-state index in [1.54, 1.807) is 4.31 Å². The largest absolute Gasteiger partial charge is 0.270 e. The van der Waals surface area contributed by atoms with Crippen LogP contribution in [0.1, 0.15) is 17.5 Å². The van der Waals surface area contributed by atoms with Gasteiger partial charge in [0.15, 0.2) is 0 Å². The number of sulfonamides is 1. The van der Waals surface area contributed by atoms with Crippen molar-refractivity contribution in [2.24, 2.45) is 0 Å². The number of halogens is 1. The summed E-state index contributed by atoms with van der Waals surface area (Å²) in [4.78, 5) is 0. The van der Waals surface area contributed by atoms with Crippen LogP contribution in [0.4, 0.5) is 5.69 Å². The molecule has 1 aliphatic heterocycles. The summed E-state index contributed by atoms with van der Waals surface area (Å²) in [5, 5.41) is 0. The van der Waals surface area contributed by atoms with E-state index in [1.165, 1.54) is 0 Å². The Balaban J connectivity index is 1.91. The molecule has 1 heterocycles. The highest BCUT2D eigenvalue weighted by Gasteiger charge is 2.27. The molecule has 2 aromatic rings. The number of nitrogens with zero attached hydrogens (tertiary/aromatic N) is 1. The maximum Gasteiger partial charge on any atom is 0.239 e. The maximum absolute atomic E-state index is 12.7. The molecule has 5 heteroatoms. The summed E-state index contributed by atoms with van der Waals surface area (Å²) in [6, 6.07) is 15.2. The molecule has 0 amide bonds. The van der Waals surface area contributed by atoms with Crippen molar-refractivity contribution in [3.63, 3.8) is 0 Å². The monoisotopic (exact) mass is 365 g/mol. The van der Waals surface area contributed by atoms with Crippen LogP contribution in [0, 0.1) is 0 Å². The fourth-order valence-electron chi connectivity index (χ4n) is 2.66. The minimum Gasteiger partial charge on any atom is -0.270 e. The summed E-state index contributed by atoms with van der Waals surface area (Å²) in [7, 11) is -3.34. The molecule has 0 radical (unpaired) electrons. The zero-order valence-corrected chi connectivity index (χ0v) is 13.9. The number of benzene rings is 2. The van der Waals surface area contributed by atoms with Crippen molar-refractivity contribution in [2.75, 3.05) is 10.8 Å². The Labute approximate surface area is 133 Å². The summed E-state index contributed by atoms with van der Waals surface area (Å²) in [5.41, 5.74) is 2.75. The first-order valence-electron chi connectivity index (χ1n) is 6.89. The summed E-state index contributed by atoms with van der Waals surface area (Å²) in [6.45, 7) is 0.565. The van der Waals surface area contributed by atoms with Gasteiger partial charge >= 0.3 is 0 Å². The van der Waals surface area contributed by atoms with Gasteiger partial charge in [0, 0.05) is 11.0 Å². The van der Waals surface area contributed by atoms with Crippen LogP contribution in [0.15, 0.2) is 53.0 Å². The van der Waals surface area contributed by atoms with E-state index in [1.807, 2.05) is 48.5 Å². The van der Waals surface area contributed by atoms with E-state index in [0.717, 1.165) is 34.1 Å². The van der Waals surface area contributed by atoms with E-state index in [4.69, 9.17) is 0 Å². The number of anilines is 1. The molecular weight excluding hydrogens is 350 g/mol. The van der Waals surface area contributed by atoms with Crippen LogP contribution < -0.4 is 4.31 Å². The summed E-state index contributed by atoms with van der Waals surface area (Å²) in [6.07, 6.45) is 1.82. The minimum atomic E-state index is -3.34. The summed E-state index contributed by atoms with van der Waals surface area (Å²) < 4.78 is 27.9. The van der Waals surface area contributed by atoms with E-state index < -0.39 is 10.0 Å². The number of para-hydroxylation sites is 1. The molecule has 0 saturated heterocycles. The normalized spacial score (nSPS) is 14.8. The van der Waals surface area contributed by atoms with Crippen molar-refractivity contribution in [1.29, 1.82) is 0 Å². The molecule has 0 aliphatic carbocycles. The Morgan fingerprint density at radius 1 is 1.05 bits per heavy atom. The van der Waals surface area contributed by atoms with Gasteiger partial charge in [0.2, 0.25) is 10.0 Å². The topological polar surface area (TPSA) is 37.4 Å². The lowest BCUT2D eigenvalue weighted by molar-refractivity contribution is 0.586. The highest BCUT2D eigenvalue weighted by atomic mass is 79.9. The van der Waals surface area contributed by atoms with Crippen LogP contribution in [-0.2, 0) is 22.2 Å². The Bertz CT molecular complexity index is 741. The van der Waals surface area contributed by atoms with Crippen molar-refractivity contribution >= 4 is 31.6 Å². The number of hydrogen-bond donors (Lipinski definition) is 0. The summed E-state index contributed by atoms with van der Waals surface area (Å²) >= 11 is 3.36. The average Bonchev–Trinajstić information content (AvgIpc) is 2.49.